The fourth-order valence-corrected chi connectivity index (χ4v) is 3.19. The average molecular weight is 395 g/mol. The van der Waals surface area contributed by atoms with E-state index in [9.17, 15) is 9.59 Å². The van der Waals surface area contributed by atoms with Gasteiger partial charge in [-0.2, -0.15) is 0 Å². The Hall–Kier alpha value is -3.19. The van der Waals surface area contributed by atoms with Crippen LogP contribution in [0, 0.1) is 6.92 Å². The lowest BCUT2D eigenvalue weighted by molar-refractivity contribution is -0.116. The van der Waals surface area contributed by atoms with Crippen molar-refractivity contribution in [3.63, 3.8) is 0 Å². The van der Waals surface area contributed by atoms with Crippen LogP contribution in [0.2, 0.25) is 0 Å². The van der Waals surface area contributed by atoms with Gasteiger partial charge in [0.2, 0.25) is 11.8 Å². The van der Waals surface area contributed by atoms with E-state index in [0.29, 0.717) is 23.7 Å². The Morgan fingerprint density at radius 3 is 2.29 bits per heavy atom. The number of benzene rings is 2. The molecule has 0 spiro atoms. The predicted molar refractivity (Wildman–Crippen MR) is 111 cm³/mol. The predicted octanol–water partition coefficient (Wildman–Crippen LogP) is 4.17. The fraction of sp³-hybridized carbons (Fsp3) is 0.190. The molecular formula is C21H21N3O3S. The molecule has 2 amide bonds. The first kappa shape index (κ1) is 19.6. The number of anilines is 2. The molecule has 0 saturated heterocycles. The van der Waals surface area contributed by atoms with Crippen LogP contribution in [0.1, 0.15) is 23.2 Å². The number of rotatable bonds is 7. The van der Waals surface area contributed by atoms with E-state index in [0.717, 1.165) is 10.8 Å². The molecular weight excluding hydrogens is 374 g/mol. The van der Waals surface area contributed by atoms with E-state index >= 15 is 0 Å². The maximum absolute atomic E-state index is 12.2. The third-order valence-electron chi connectivity index (χ3n) is 3.81. The van der Waals surface area contributed by atoms with Crippen LogP contribution < -0.4 is 15.4 Å². The maximum atomic E-state index is 12.2. The molecule has 2 aromatic carbocycles. The molecule has 0 saturated carbocycles. The molecule has 28 heavy (non-hydrogen) atoms. The lowest BCUT2D eigenvalue weighted by Crippen LogP contribution is -2.14. The maximum Gasteiger partial charge on any atom is 0.230 e. The molecule has 7 heteroatoms. The molecule has 3 aromatic rings. The van der Waals surface area contributed by atoms with Gasteiger partial charge in [0.15, 0.2) is 0 Å². The smallest absolute Gasteiger partial charge is 0.230 e. The molecule has 0 radical (unpaired) electrons. The Morgan fingerprint density at radius 2 is 1.64 bits per heavy atom. The first-order valence-electron chi connectivity index (χ1n) is 8.78. The van der Waals surface area contributed by atoms with Gasteiger partial charge in [-0.3, -0.25) is 9.59 Å². The molecule has 0 bridgehead atoms. The summed E-state index contributed by atoms with van der Waals surface area (Å²) in [6.45, 7) is 3.85. The highest BCUT2D eigenvalue weighted by molar-refractivity contribution is 7.09. The SMILES string of the molecule is CC(=O)Nc1ccc(NC(=O)Cc2csc(COc3ccc(C)cc3)n2)cc1. The minimum absolute atomic E-state index is 0.137. The summed E-state index contributed by atoms with van der Waals surface area (Å²) in [4.78, 5) is 27.7. The second kappa shape index (κ2) is 9.14. The van der Waals surface area contributed by atoms with E-state index in [1.165, 1.54) is 23.8 Å². The topological polar surface area (TPSA) is 80.3 Å². The molecule has 0 unspecified atom stereocenters. The van der Waals surface area contributed by atoms with Crippen LogP contribution in [0.5, 0.6) is 5.75 Å². The summed E-state index contributed by atoms with van der Waals surface area (Å²) >= 11 is 1.47. The highest BCUT2D eigenvalue weighted by Gasteiger charge is 2.09. The number of amides is 2. The largest absolute Gasteiger partial charge is 0.486 e. The van der Waals surface area contributed by atoms with Crippen LogP contribution >= 0.6 is 11.3 Å². The zero-order valence-electron chi connectivity index (χ0n) is 15.7. The van der Waals surface area contributed by atoms with Crippen molar-refractivity contribution >= 4 is 34.5 Å². The highest BCUT2D eigenvalue weighted by atomic mass is 32.1. The Morgan fingerprint density at radius 1 is 1.00 bits per heavy atom. The lowest BCUT2D eigenvalue weighted by atomic mass is 10.2. The number of carbonyl (C=O) groups excluding carboxylic acids is 2. The highest BCUT2D eigenvalue weighted by Crippen LogP contribution is 2.17. The third kappa shape index (κ3) is 5.92. The molecule has 6 nitrogen and oxygen atoms in total. The van der Waals surface area contributed by atoms with Gasteiger partial charge in [0.05, 0.1) is 12.1 Å². The number of aromatic nitrogens is 1. The van der Waals surface area contributed by atoms with Crippen molar-refractivity contribution in [2.75, 3.05) is 10.6 Å². The summed E-state index contributed by atoms with van der Waals surface area (Å²) in [5.41, 5.74) is 3.24. The minimum Gasteiger partial charge on any atom is -0.486 e. The van der Waals surface area contributed by atoms with E-state index < -0.39 is 0 Å². The van der Waals surface area contributed by atoms with Crippen molar-refractivity contribution < 1.29 is 14.3 Å². The number of carbonyl (C=O) groups is 2. The van der Waals surface area contributed by atoms with Crippen molar-refractivity contribution in [3.8, 4) is 5.75 Å². The lowest BCUT2D eigenvalue weighted by Gasteiger charge is -2.06. The molecule has 0 aliphatic heterocycles. The Labute approximate surface area is 167 Å². The Balaban J connectivity index is 1.49. The van der Waals surface area contributed by atoms with Crippen LogP contribution in [-0.2, 0) is 22.6 Å². The van der Waals surface area contributed by atoms with Gasteiger partial charge in [-0.05, 0) is 43.3 Å². The molecule has 0 atom stereocenters. The number of nitrogens with one attached hydrogen (secondary N) is 2. The Bertz CT molecular complexity index is 950. The molecule has 144 valence electrons. The first-order valence-corrected chi connectivity index (χ1v) is 9.66. The van der Waals surface area contributed by atoms with E-state index in [2.05, 4.69) is 15.6 Å². The van der Waals surface area contributed by atoms with Crippen LogP contribution in [0.3, 0.4) is 0 Å². The number of thiazole rings is 1. The van der Waals surface area contributed by atoms with E-state index in [1.54, 1.807) is 24.3 Å². The van der Waals surface area contributed by atoms with Gasteiger partial charge >= 0.3 is 0 Å². The van der Waals surface area contributed by atoms with Crippen molar-refractivity contribution in [1.29, 1.82) is 0 Å². The molecule has 0 fully saturated rings. The van der Waals surface area contributed by atoms with E-state index in [-0.39, 0.29) is 18.2 Å². The van der Waals surface area contributed by atoms with Gasteiger partial charge in [-0.1, -0.05) is 17.7 Å². The molecule has 1 heterocycles. The number of aryl methyl sites for hydroxylation is 1. The summed E-state index contributed by atoms with van der Waals surface area (Å²) in [6.07, 6.45) is 0.189. The van der Waals surface area contributed by atoms with Gasteiger partial charge in [-0.25, -0.2) is 4.98 Å². The van der Waals surface area contributed by atoms with Crippen molar-refractivity contribution in [2.45, 2.75) is 26.9 Å². The third-order valence-corrected chi connectivity index (χ3v) is 4.68. The number of hydrogen-bond acceptors (Lipinski definition) is 5. The summed E-state index contributed by atoms with van der Waals surface area (Å²) < 4.78 is 5.72. The van der Waals surface area contributed by atoms with Crippen molar-refractivity contribution in [1.82, 2.24) is 4.98 Å². The van der Waals surface area contributed by atoms with E-state index in [1.807, 2.05) is 36.6 Å². The Kier molecular flexibility index (Phi) is 6.39. The van der Waals surface area contributed by atoms with Crippen LogP contribution in [-0.4, -0.2) is 16.8 Å². The van der Waals surface area contributed by atoms with Crippen LogP contribution in [0.4, 0.5) is 11.4 Å². The summed E-state index contributed by atoms with van der Waals surface area (Å²) in [5, 5.41) is 8.20. The first-order chi connectivity index (χ1) is 13.5. The number of nitrogens with zero attached hydrogens (tertiary/aromatic N) is 1. The summed E-state index contributed by atoms with van der Waals surface area (Å²) in [5.74, 6) is 0.508. The average Bonchev–Trinajstić information content (AvgIpc) is 3.09. The van der Waals surface area contributed by atoms with Crippen LogP contribution in [0.15, 0.2) is 53.9 Å². The fourth-order valence-electron chi connectivity index (χ4n) is 2.49. The zero-order chi connectivity index (χ0) is 19.9. The van der Waals surface area contributed by atoms with Gasteiger partial charge in [0.1, 0.15) is 17.4 Å². The van der Waals surface area contributed by atoms with Gasteiger partial charge in [0, 0.05) is 23.7 Å². The van der Waals surface area contributed by atoms with Crippen molar-refractivity contribution in [2.24, 2.45) is 0 Å². The zero-order valence-corrected chi connectivity index (χ0v) is 16.5. The molecule has 1 aromatic heterocycles. The molecule has 3 rings (SSSR count). The minimum atomic E-state index is -0.149. The summed E-state index contributed by atoms with van der Waals surface area (Å²) in [7, 11) is 0. The second-order valence-corrected chi connectivity index (χ2v) is 7.26. The van der Waals surface area contributed by atoms with Gasteiger partial charge in [-0.15, -0.1) is 11.3 Å². The standard InChI is InChI=1S/C21H21N3O3S/c1-14-3-9-19(10-4-14)27-12-21-24-18(13-28-21)11-20(26)23-17-7-5-16(6-8-17)22-15(2)25/h3-10,13H,11-12H2,1-2H3,(H,22,25)(H,23,26). The summed E-state index contributed by atoms with van der Waals surface area (Å²) in [6, 6.07) is 14.8. The molecule has 0 aliphatic carbocycles. The normalized spacial score (nSPS) is 10.4. The number of ether oxygens (including phenoxy) is 1. The quantitative estimate of drug-likeness (QED) is 0.629. The van der Waals surface area contributed by atoms with Crippen LogP contribution in [0.25, 0.3) is 0 Å². The van der Waals surface area contributed by atoms with Gasteiger partial charge < -0.3 is 15.4 Å². The second-order valence-electron chi connectivity index (χ2n) is 6.32. The van der Waals surface area contributed by atoms with Gasteiger partial charge in [0.25, 0.3) is 0 Å². The molecule has 0 aliphatic rings. The monoisotopic (exact) mass is 395 g/mol. The van der Waals surface area contributed by atoms with Crippen molar-refractivity contribution in [3.05, 3.63) is 70.2 Å². The molecule has 2 N–H and O–H groups in total. The number of hydrogen-bond donors (Lipinski definition) is 2. The van der Waals surface area contributed by atoms with E-state index in [4.69, 9.17) is 4.74 Å².